The summed E-state index contributed by atoms with van der Waals surface area (Å²) in [7, 11) is 0. The van der Waals surface area contributed by atoms with E-state index in [4.69, 9.17) is 9.47 Å². The Hall–Kier alpha value is -7.94. The number of ketones is 1. The van der Waals surface area contributed by atoms with Crippen molar-refractivity contribution in [2.45, 2.75) is 76.3 Å². The third kappa shape index (κ3) is 13.5. The molecule has 15 nitrogen and oxygen atoms in total. The molecule has 5 aromatic carbocycles. The lowest BCUT2D eigenvalue weighted by atomic mass is 9.90. The third-order valence-electron chi connectivity index (χ3n) is 10.9. The number of benzene rings is 5. The first-order valence-electron chi connectivity index (χ1n) is 21.4. The maximum atomic E-state index is 14.7. The number of aliphatic carboxylic acids is 1. The SMILES string of the molecule is CC(=O)O[C@H]1C(=O)Nc2ccc(cc2)C[C@H](C(=O)O)CC(=O)[C@@H](Cc2ccccc2)NC(=O)[C@H](Cc2ccc(-c3ccccc3)cc2)NC(=O)[C@@H](Cc2ccccc2)NC(=O)[C@@H]1OC(C)=O. The Morgan fingerprint density at radius 3 is 1.42 bits per heavy atom. The van der Waals surface area contributed by atoms with Crippen LogP contribution in [-0.4, -0.2) is 82.8 Å². The molecule has 0 unspecified atom stereocenters. The van der Waals surface area contributed by atoms with Crippen LogP contribution in [0.4, 0.5) is 5.69 Å². The summed E-state index contributed by atoms with van der Waals surface area (Å²) in [4.78, 5) is 109. The molecule has 0 saturated heterocycles. The fourth-order valence-electron chi connectivity index (χ4n) is 7.58. The quantitative estimate of drug-likeness (QED) is 0.0966. The summed E-state index contributed by atoms with van der Waals surface area (Å²) in [5.74, 6) is -8.93. The van der Waals surface area contributed by atoms with Crippen LogP contribution in [0.5, 0.6) is 0 Å². The number of carbonyl (C=O) groups is 8. The molecule has 0 spiro atoms. The highest BCUT2D eigenvalue weighted by Gasteiger charge is 2.41. The summed E-state index contributed by atoms with van der Waals surface area (Å²) in [5, 5.41) is 21.0. The van der Waals surface area contributed by atoms with Gasteiger partial charge in [0, 0.05) is 38.8 Å². The van der Waals surface area contributed by atoms with Crippen LogP contribution >= 0.6 is 0 Å². The van der Waals surface area contributed by atoms with Crippen LogP contribution < -0.4 is 21.3 Å². The molecule has 6 atom stereocenters. The first-order valence-corrected chi connectivity index (χ1v) is 21.4. The van der Waals surface area contributed by atoms with Gasteiger partial charge in [-0.1, -0.05) is 127 Å². The lowest BCUT2D eigenvalue weighted by Gasteiger charge is -2.28. The molecule has 0 aliphatic carbocycles. The Balaban J connectivity index is 1.43. The zero-order valence-electron chi connectivity index (χ0n) is 36.3. The zero-order valence-corrected chi connectivity index (χ0v) is 36.3. The van der Waals surface area contributed by atoms with Gasteiger partial charge in [0.1, 0.15) is 12.1 Å². The van der Waals surface area contributed by atoms with Crippen molar-refractivity contribution < 1.29 is 52.9 Å². The van der Waals surface area contributed by atoms with Crippen molar-refractivity contribution in [3.05, 3.63) is 162 Å². The minimum Gasteiger partial charge on any atom is -0.481 e. The number of hydrogen-bond acceptors (Lipinski definition) is 10. The number of Topliss-reactive ketones (excluding diaryl/α,β-unsaturated/α-hetero) is 1. The molecule has 0 radical (unpaired) electrons. The number of anilines is 1. The second kappa shape index (κ2) is 22.6. The van der Waals surface area contributed by atoms with Crippen LogP contribution in [0.3, 0.4) is 0 Å². The Kier molecular flexibility index (Phi) is 16.3. The number of esters is 2. The van der Waals surface area contributed by atoms with E-state index in [1.54, 1.807) is 72.8 Å². The Morgan fingerprint density at radius 2 is 0.924 bits per heavy atom. The molecular formula is C51H50N4O11. The van der Waals surface area contributed by atoms with Crippen molar-refractivity contribution in [1.82, 2.24) is 16.0 Å². The lowest BCUT2D eigenvalue weighted by molar-refractivity contribution is -0.173. The summed E-state index contributed by atoms with van der Waals surface area (Å²) in [6, 6.07) is 36.2. The molecule has 66 heavy (non-hydrogen) atoms. The molecule has 0 fully saturated rings. The lowest BCUT2D eigenvalue weighted by Crippen LogP contribution is -2.59. The van der Waals surface area contributed by atoms with Crippen LogP contribution in [0.15, 0.2) is 140 Å². The zero-order chi connectivity index (χ0) is 47.2. The maximum Gasteiger partial charge on any atom is 0.307 e. The average molecular weight is 895 g/mol. The highest BCUT2D eigenvalue weighted by molar-refractivity contribution is 6.01. The number of amides is 4. The van der Waals surface area contributed by atoms with E-state index in [-0.39, 0.29) is 31.4 Å². The van der Waals surface area contributed by atoms with Crippen molar-refractivity contribution in [2.75, 3.05) is 5.32 Å². The summed E-state index contributed by atoms with van der Waals surface area (Å²) >= 11 is 0. The number of carbonyl (C=O) groups excluding carboxylic acids is 7. The Labute approximate surface area is 381 Å². The third-order valence-corrected chi connectivity index (χ3v) is 10.9. The first-order chi connectivity index (χ1) is 31.7. The smallest absolute Gasteiger partial charge is 0.307 e. The van der Waals surface area contributed by atoms with Gasteiger partial charge in [-0.25, -0.2) is 0 Å². The van der Waals surface area contributed by atoms with E-state index in [0.717, 1.165) is 25.0 Å². The van der Waals surface area contributed by atoms with Gasteiger partial charge in [0.25, 0.3) is 11.8 Å². The van der Waals surface area contributed by atoms with Gasteiger partial charge in [-0.2, -0.15) is 0 Å². The average Bonchev–Trinajstić information content (AvgIpc) is 3.30. The number of nitrogens with one attached hydrogen (secondary N) is 4. The van der Waals surface area contributed by atoms with Crippen molar-refractivity contribution in [3.63, 3.8) is 0 Å². The van der Waals surface area contributed by atoms with E-state index < -0.39 is 90.0 Å². The first kappa shape index (κ1) is 47.5. The van der Waals surface area contributed by atoms with Gasteiger partial charge in [-0.05, 0) is 58.4 Å². The van der Waals surface area contributed by atoms with Crippen molar-refractivity contribution in [1.29, 1.82) is 0 Å². The molecule has 2 aliphatic heterocycles. The van der Waals surface area contributed by atoms with Gasteiger partial charge in [-0.3, -0.25) is 38.4 Å². The fraction of sp³-hybridized carbons (Fsp3) is 0.255. The molecule has 15 heteroatoms. The van der Waals surface area contributed by atoms with Crippen LogP contribution in [0.25, 0.3) is 11.1 Å². The van der Waals surface area contributed by atoms with Gasteiger partial charge in [0.05, 0.1) is 12.0 Å². The second-order valence-electron chi connectivity index (χ2n) is 16.0. The molecule has 0 saturated carbocycles. The van der Waals surface area contributed by atoms with Crippen LogP contribution in [0.1, 0.15) is 42.5 Å². The molecule has 2 aliphatic rings. The largest absolute Gasteiger partial charge is 0.481 e. The Morgan fingerprint density at radius 1 is 0.500 bits per heavy atom. The number of ether oxygens (including phenoxy) is 2. The van der Waals surface area contributed by atoms with E-state index in [1.165, 1.54) is 24.3 Å². The standard InChI is InChI=1S/C51H50N4O11/c1-31(56)65-45-46(66-32(2)57)50(62)55-43(28-34-14-8-4-9-15-34)48(60)54-42(29-36-18-22-38(23-19-36)37-16-10-5-11-17-37)47(59)53-41(27-33-12-6-3-7-13-33)44(58)30-39(51(63)64)26-35-20-24-40(25-21-35)52-49(45)61/h3-25,39,41-43,45-46H,26-30H2,1-2H3,(H,52,61)(H,53,59)(H,54,60)(H,55,62)(H,63,64)/t39-,41+,42-,43+,45+,46+/m0/s1. The second-order valence-corrected chi connectivity index (χ2v) is 16.0. The minimum atomic E-state index is -2.10. The van der Waals surface area contributed by atoms with Crippen molar-refractivity contribution >= 4 is 53.0 Å². The number of carboxylic acids is 1. The van der Waals surface area contributed by atoms with Gasteiger partial charge >= 0.3 is 17.9 Å². The van der Waals surface area contributed by atoms with Crippen molar-refractivity contribution in [2.24, 2.45) is 5.92 Å². The molecule has 340 valence electrons. The highest BCUT2D eigenvalue weighted by atomic mass is 16.6. The van der Waals surface area contributed by atoms with E-state index in [9.17, 15) is 43.5 Å². The van der Waals surface area contributed by atoms with Gasteiger partial charge in [-0.15, -0.1) is 0 Å². The molecule has 0 aromatic heterocycles. The minimum absolute atomic E-state index is 0.00626. The molecule has 7 rings (SSSR count). The molecule has 4 amide bonds. The van der Waals surface area contributed by atoms with E-state index in [1.807, 2.05) is 42.5 Å². The molecule has 5 N–H and O–H groups in total. The van der Waals surface area contributed by atoms with Crippen molar-refractivity contribution in [3.8, 4) is 11.1 Å². The topological polar surface area (TPSA) is 223 Å². The number of fused-ring (bicyclic) bond motifs is 18. The van der Waals surface area contributed by atoms with Gasteiger partial charge in [0.2, 0.25) is 24.0 Å². The predicted molar refractivity (Wildman–Crippen MR) is 242 cm³/mol. The van der Waals surface area contributed by atoms with Crippen LogP contribution in [0, 0.1) is 5.92 Å². The van der Waals surface area contributed by atoms with Crippen LogP contribution in [-0.2, 0) is 73.5 Å². The summed E-state index contributed by atoms with van der Waals surface area (Å²) in [5.41, 5.74) is 4.36. The number of carboxylic acid groups (broad SMARTS) is 1. The summed E-state index contributed by atoms with van der Waals surface area (Å²) in [6.07, 6.45) is -4.97. The molecule has 2 heterocycles. The van der Waals surface area contributed by atoms with E-state index in [2.05, 4.69) is 21.3 Å². The Bertz CT molecular complexity index is 2520. The fourth-order valence-corrected chi connectivity index (χ4v) is 7.58. The molecule has 5 aromatic rings. The summed E-state index contributed by atoms with van der Waals surface area (Å²) < 4.78 is 10.6. The van der Waals surface area contributed by atoms with E-state index in [0.29, 0.717) is 22.3 Å². The van der Waals surface area contributed by atoms with Crippen LogP contribution in [0.2, 0.25) is 0 Å². The van der Waals surface area contributed by atoms with E-state index >= 15 is 0 Å². The maximum absolute atomic E-state index is 14.7. The van der Waals surface area contributed by atoms with Gasteiger partial charge < -0.3 is 35.8 Å². The highest BCUT2D eigenvalue weighted by Crippen LogP contribution is 2.22. The monoisotopic (exact) mass is 894 g/mol. The molecular weight excluding hydrogens is 845 g/mol. The number of rotatable bonds is 10. The number of hydrogen-bond donors (Lipinski definition) is 5. The van der Waals surface area contributed by atoms with Gasteiger partial charge in [0.15, 0.2) is 5.78 Å². The predicted octanol–water partition coefficient (Wildman–Crippen LogP) is 4.55. The molecule has 2 bridgehead atoms. The summed E-state index contributed by atoms with van der Waals surface area (Å²) in [6.45, 7) is 1.97. The normalized spacial score (nSPS) is 20.9.